The van der Waals surface area contributed by atoms with Crippen LogP contribution >= 0.6 is 11.3 Å². The van der Waals surface area contributed by atoms with Crippen molar-refractivity contribution in [3.8, 4) is 0 Å². The SMILES string of the molecule is Cc1csc(CN/C=C/C(=O)O)c1. The van der Waals surface area contributed by atoms with Gasteiger partial charge in [0.05, 0.1) is 0 Å². The first-order valence-corrected chi connectivity index (χ1v) is 4.73. The van der Waals surface area contributed by atoms with Gasteiger partial charge in [-0.15, -0.1) is 11.3 Å². The predicted octanol–water partition coefficient (Wildman–Crippen LogP) is 1.74. The van der Waals surface area contributed by atoms with Crippen LogP contribution in [0.3, 0.4) is 0 Å². The zero-order valence-electron chi connectivity index (χ0n) is 7.28. The molecule has 0 aliphatic heterocycles. The molecule has 1 heterocycles. The van der Waals surface area contributed by atoms with Crippen LogP contribution < -0.4 is 5.32 Å². The Labute approximate surface area is 80.7 Å². The van der Waals surface area contributed by atoms with Crippen LogP contribution in [-0.2, 0) is 11.3 Å². The van der Waals surface area contributed by atoms with Crippen molar-refractivity contribution in [1.82, 2.24) is 5.32 Å². The molecule has 0 saturated carbocycles. The minimum atomic E-state index is -0.935. The molecule has 0 unspecified atom stereocenters. The maximum Gasteiger partial charge on any atom is 0.329 e. The van der Waals surface area contributed by atoms with E-state index in [4.69, 9.17) is 5.11 Å². The molecule has 1 rings (SSSR count). The van der Waals surface area contributed by atoms with Crippen LogP contribution in [0, 0.1) is 6.92 Å². The summed E-state index contributed by atoms with van der Waals surface area (Å²) in [6.07, 6.45) is 2.53. The van der Waals surface area contributed by atoms with E-state index < -0.39 is 5.97 Å². The number of thiophene rings is 1. The monoisotopic (exact) mass is 197 g/mol. The molecule has 0 aromatic carbocycles. The van der Waals surface area contributed by atoms with Gasteiger partial charge in [0.25, 0.3) is 0 Å². The van der Waals surface area contributed by atoms with E-state index in [0.717, 1.165) is 6.08 Å². The number of carboxylic acid groups (broad SMARTS) is 1. The molecule has 2 N–H and O–H groups in total. The Morgan fingerprint density at radius 1 is 1.77 bits per heavy atom. The van der Waals surface area contributed by atoms with Gasteiger partial charge in [-0.25, -0.2) is 4.79 Å². The van der Waals surface area contributed by atoms with Gasteiger partial charge in [0, 0.05) is 23.7 Å². The second kappa shape index (κ2) is 4.67. The summed E-state index contributed by atoms with van der Waals surface area (Å²) < 4.78 is 0. The fourth-order valence-corrected chi connectivity index (χ4v) is 1.70. The molecule has 0 aliphatic carbocycles. The molecule has 4 heteroatoms. The number of carboxylic acids is 1. The van der Waals surface area contributed by atoms with Gasteiger partial charge in [-0.2, -0.15) is 0 Å². The van der Waals surface area contributed by atoms with E-state index in [1.165, 1.54) is 16.6 Å². The maximum atomic E-state index is 10.1. The molecule has 0 saturated heterocycles. The summed E-state index contributed by atoms with van der Waals surface area (Å²) in [6, 6.07) is 2.08. The van der Waals surface area contributed by atoms with Crippen molar-refractivity contribution < 1.29 is 9.90 Å². The van der Waals surface area contributed by atoms with Gasteiger partial charge in [0.2, 0.25) is 0 Å². The molecule has 0 radical (unpaired) electrons. The third kappa shape index (κ3) is 3.75. The van der Waals surface area contributed by atoms with Gasteiger partial charge in [-0.3, -0.25) is 0 Å². The second-order valence-corrected chi connectivity index (χ2v) is 3.64. The molecule has 70 valence electrons. The molecule has 0 amide bonds. The van der Waals surface area contributed by atoms with E-state index in [1.54, 1.807) is 11.3 Å². The highest BCUT2D eigenvalue weighted by Gasteiger charge is 1.93. The molecular weight excluding hydrogens is 186 g/mol. The standard InChI is InChI=1S/C9H11NO2S/c1-7-4-8(13-6-7)5-10-3-2-9(11)12/h2-4,6,10H,5H2,1H3,(H,11,12)/b3-2+. The highest BCUT2D eigenvalue weighted by molar-refractivity contribution is 7.10. The van der Waals surface area contributed by atoms with Crippen LogP contribution in [0.1, 0.15) is 10.4 Å². The zero-order chi connectivity index (χ0) is 9.68. The van der Waals surface area contributed by atoms with Gasteiger partial charge in [0.15, 0.2) is 0 Å². The van der Waals surface area contributed by atoms with E-state index >= 15 is 0 Å². The van der Waals surface area contributed by atoms with E-state index in [1.807, 2.05) is 6.92 Å². The lowest BCUT2D eigenvalue weighted by Gasteiger charge is -1.94. The Bertz CT molecular complexity index is 317. The van der Waals surface area contributed by atoms with E-state index in [0.29, 0.717) is 6.54 Å². The first kappa shape index (κ1) is 9.80. The maximum absolute atomic E-state index is 10.1. The minimum absolute atomic E-state index is 0.683. The lowest BCUT2D eigenvalue weighted by Crippen LogP contribution is -2.03. The van der Waals surface area contributed by atoms with Crippen LogP contribution in [0.2, 0.25) is 0 Å². The fraction of sp³-hybridized carbons (Fsp3) is 0.222. The molecule has 0 aliphatic rings. The fourth-order valence-electron chi connectivity index (χ4n) is 0.873. The zero-order valence-corrected chi connectivity index (χ0v) is 8.10. The van der Waals surface area contributed by atoms with Crippen LogP contribution in [0.5, 0.6) is 0 Å². The summed E-state index contributed by atoms with van der Waals surface area (Å²) in [5.74, 6) is -0.935. The Hall–Kier alpha value is -1.29. The number of aliphatic carboxylic acids is 1. The number of carbonyl (C=O) groups is 1. The Morgan fingerprint density at radius 2 is 2.54 bits per heavy atom. The predicted molar refractivity (Wildman–Crippen MR) is 52.7 cm³/mol. The van der Waals surface area contributed by atoms with Crippen molar-refractivity contribution in [3.05, 3.63) is 34.2 Å². The molecule has 1 aromatic heterocycles. The van der Waals surface area contributed by atoms with E-state index in [2.05, 4.69) is 16.8 Å². The summed E-state index contributed by atoms with van der Waals surface area (Å²) in [5.41, 5.74) is 1.24. The summed E-state index contributed by atoms with van der Waals surface area (Å²) in [7, 11) is 0. The number of hydrogen-bond acceptors (Lipinski definition) is 3. The summed E-state index contributed by atoms with van der Waals surface area (Å²) in [5, 5.41) is 13.3. The average molecular weight is 197 g/mol. The van der Waals surface area contributed by atoms with Crippen LogP contribution in [-0.4, -0.2) is 11.1 Å². The Morgan fingerprint density at radius 3 is 3.08 bits per heavy atom. The van der Waals surface area contributed by atoms with Crippen LogP contribution in [0.25, 0.3) is 0 Å². The normalized spacial score (nSPS) is 10.5. The Kier molecular flexibility index (Phi) is 3.52. The smallest absolute Gasteiger partial charge is 0.329 e. The number of nitrogens with one attached hydrogen (secondary N) is 1. The topological polar surface area (TPSA) is 49.3 Å². The number of hydrogen-bond donors (Lipinski definition) is 2. The van der Waals surface area contributed by atoms with Crippen molar-refractivity contribution in [2.24, 2.45) is 0 Å². The van der Waals surface area contributed by atoms with Gasteiger partial charge >= 0.3 is 5.97 Å². The summed E-state index contributed by atoms with van der Waals surface area (Å²) in [4.78, 5) is 11.3. The van der Waals surface area contributed by atoms with E-state index in [-0.39, 0.29) is 0 Å². The number of rotatable bonds is 4. The number of aryl methyl sites for hydroxylation is 1. The highest BCUT2D eigenvalue weighted by atomic mass is 32.1. The lowest BCUT2D eigenvalue weighted by molar-refractivity contribution is -0.131. The quantitative estimate of drug-likeness (QED) is 0.723. The van der Waals surface area contributed by atoms with Gasteiger partial charge in [0.1, 0.15) is 0 Å². The third-order valence-corrected chi connectivity index (χ3v) is 2.46. The van der Waals surface area contributed by atoms with Crippen molar-refractivity contribution in [1.29, 1.82) is 0 Å². The van der Waals surface area contributed by atoms with Crippen LogP contribution in [0.15, 0.2) is 23.7 Å². The average Bonchev–Trinajstić information content (AvgIpc) is 2.45. The molecule has 0 fully saturated rings. The molecule has 13 heavy (non-hydrogen) atoms. The van der Waals surface area contributed by atoms with Crippen molar-refractivity contribution in [2.45, 2.75) is 13.5 Å². The first-order chi connectivity index (χ1) is 6.18. The molecule has 0 bridgehead atoms. The van der Waals surface area contributed by atoms with Crippen molar-refractivity contribution in [3.63, 3.8) is 0 Å². The van der Waals surface area contributed by atoms with Crippen LogP contribution in [0.4, 0.5) is 0 Å². The molecule has 1 aromatic rings. The summed E-state index contributed by atoms with van der Waals surface area (Å²) in [6.45, 7) is 2.72. The molecular formula is C9H11NO2S. The Balaban J connectivity index is 2.31. The summed E-state index contributed by atoms with van der Waals surface area (Å²) >= 11 is 1.66. The lowest BCUT2D eigenvalue weighted by atomic mass is 10.3. The molecule has 3 nitrogen and oxygen atoms in total. The van der Waals surface area contributed by atoms with Crippen molar-refractivity contribution in [2.75, 3.05) is 0 Å². The second-order valence-electron chi connectivity index (χ2n) is 2.64. The highest BCUT2D eigenvalue weighted by Crippen LogP contribution is 2.12. The third-order valence-electron chi connectivity index (χ3n) is 1.40. The molecule has 0 atom stereocenters. The minimum Gasteiger partial charge on any atom is -0.478 e. The van der Waals surface area contributed by atoms with Gasteiger partial charge in [-0.05, 0) is 23.9 Å². The van der Waals surface area contributed by atoms with E-state index in [9.17, 15) is 4.79 Å². The molecule has 0 spiro atoms. The van der Waals surface area contributed by atoms with Crippen molar-refractivity contribution >= 4 is 17.3 Å². The van der Waals surface area contributed by atoms with Gasteiger partial charge in [-0.1, -0.05) is 0 Å². The van der Waals surface area contributed by atoms with Gasteiger partial charge < -0.3 is 10.4 Å². The first-order valence-electron chi connectivity index (χ1n) is 3.85. The largest absolute Gasteiger partial charge is 0.478 e.